The summed E-state index contributed by atoms with van der Waals surface area (Å²) >= 11 is 0. The number of rotatable bonds is 7. The maximum absolute atomic E-state index is 12.5. The Balaban J connectivity index is 1.75. The van der Waals surface area contributed by atoms with E-state index >= 15 is 0 Å². The Morgan fingerprint density at radius 1 is 1.03 bits per heavy atom. The molecule has 0 fully saturated rings. The topological polar surface area (TPSA) is 83.8 Å². The van der Waals surface area contributed by atoms with Gasteiger partial charge in [0.05, 0.1) is 18.2 Å². The first kappa shape index (κ1) is 23.3. The largest absolute Gasteiger partial charge is 0.318 e. The standard InChI is InChI=1S/C24H28N4O3S/c1-17-11-18(2)13-23(12-17)27(32(5,30)31)16-24(29)26-25-15-21-14-19(3)28(20(21)4)22-9-7-6-8-10-22/h6-15H,16H2,1-5H3,(H,26,29)/b25-15-. The summed E-state index contributed by atoms with van der Waals surface area (Å²) < 4.78 is 27.8. The average molecular weight is 453 g/mol. The lowest BCUT2D eigenvalue weighted by atomic mass is 10.1. The second-order valence-electron chi connectivity index (χ2n) is 7.91. The molecule has 32 heavy (non-hydrogen) atoms. The van der Waals surface area contributed by atoms with Gasteiger partial charge in [0.1, 0.15) is 6.54 Å². The molecule has 2 aromatic carbocycles. The Kier molecular flexibility index (Phi) is 6.84. The van der Waals surface area contributed by atoms with Crippen LogP contribution < -0.4 is 9.73 Å². The lowest BCUT2D eigenvalue weighted by molar-refractivity contribution is -0.119. The number of aryl methyl sites for hydroxylation is 3. The van der Waals surface area contributed by atoms with Crippen LogP contribution in [0.3, 0.4) is 0 Å². The predicted octanol–water partition coefficient (Wildman–Crippen LogP) is 3.63. The number of hydrazone groups is 1. The fourth-order valence-corrected chi connectivity index (χ4v) is 4.57. The van der Waals surface area contributed by atoms with Crippen molar-refractivity contribution in [3.8, 4) is 5.69 Å². The summed E-state index contributed by atoms with van der Waals surface area (Å²) in [7, 11) is -3.65. The molecule has 0 spiro atoms. The molecule has 0 aliphatic rings. The Morgan fingerprint density at radius 2 is 1.66 bits per heavy atom. The van der Waals surface area contributed by atoms with Crippen LogP contribution in [0.2, 0.25) is 0 Å². The molecule has 1 heterocycles. The smallest absolute Gasteiger partial charge is 0.260 e. The summed E-state index contributed by atoms with van der Waals surface area (Å²) in [6.45, 7) is 7.39. The molecular formula is C24H28N4O3S. The van der Waals surface area contributed by atoms with E-state index < -0.39 is 15.9 Å². The Hall–Kier alpha value is -3.39. The fraction of sp³-hybridized carbons (Fsp3) is 0.250. The third-order valence-electron chi connectivity index (χ3n) is 5.06. The number of sulfonamides is 1. The summed E-state index contributed by atoms with van der Waals surface area (Å²) in [5, 5.41) is 4.06. The first-order valence-electron chi connectivity index (χ1n) is 10.2. The van der Waals surface area contributed by atoms with Crippen molar-refractivity contribution in [1.82, 2.24) is 9.99 Å². The number of anilines is 1. The lowest BCUT2D eigenvalue weighted by Gasteiger charge is -2.22. The first-order valence-corrected chi connectivity index (χ1v) is 12.0. The number of nitrogens with one attached hydrogen (secondary N) is 1. The molecule has 0 unspecified atom stereocenters. The Labute approximate surface area is 189 Å². The molecule has 7 nitrogen and oxygen atoms in total. The van der Waals surface area contributed by atoms with E-state index in [2.05, 4.69) is 15.1 Å². The lowest BCUT2D eigenvalue weighted by Crippen LogP contribution is -2.39. The number of aromatic nitrogens is 1. The molecular weight excluding hydrogens is 424 g/mol. The predicted molar refractivity (Wildman–Crippen MR) is 129 cm³/mol. The third kappa shape index (κ3) is 5.45. The number of nitrogens with zero attached hydrogens (tertiary/aromatic N) is 3. The highest BCUT2D eigenvalue weighted by Crippen LogP contribution is 2.21. The molecule has 1 aromatic heterocycles. The Bertz CT molecular complexity index is 1240. The van der Waals surface area contributed by atoms with Crippen molar-refractivity contribution in [2.75, 3.05) is 17.1 Å². The normalized spacial score (nSPS) is 11.7. The van der Waals surface area contributed by atoms with Crippen molar-refractivity contribution in [1.29, 1.82) is 0 Å². The molecule has 0 bridgehead atoms. The van der Waals surface area contributed by atoms with Crippen molar-refractivity contribution >= 4 is 27.8 Å². The molecule has 3 rings (SSSR count). The zero-order valence-corrected chi connectivity index (χ0v) is 19.8. The highest BCUT2D eigenvalue weighted by atomic mass is 32.2. The second kappa shape index (κ2) is 9.40. The Morgan fingerprint density at radius 3 is 2.25 bits per heavy atom. The van der Waals surface area contributed by atoms with E-state index in [1.54, 1.807) is 18.3 Å². The van der Waals surface area contributed by atoms with Crippen LogP contribution in [0, 0.1) is 27.7 Å². The monoisotopic (exact) mass is 452 g/mol. The van der Waals surface area contributed by atoms with E-state index in [0.717, 1.165) is 44.3 Å². The maximum atomic E-state index is 12.5. The minimum Gasteiger partial charge on any atom is -0.318 e. The van der Waals surface area contributed by atoms with Gasteiger partial charge >= 0.3 is 0 Å². The van der Waals surface area contributed by atoms with Gasteiger partial charge in [0.25, 0.3) is 5.91 Å². The van der Waals surface area contributed by atoms with Gasteiger partial charge in [0.15, 0.2) is 0 Å². The summed E-state index contributed by atoms with van der Waals surface area (Å²) in [6.07, 6.45) is 2.65. The van der Waals surface area contributed by atoms with Crippen molar-refractivity contribution in [3.05, 3.63) is 82.7 Å². The van der Waals surface area contributed by atoms with Crippen LogP contribution in [0.5, 0.6) is 0 Å². The van der Waals surface area contributed by atoms with Gasteiger partial charge < -0.3 is 4.57 Å². The minimum absolute atomic E-state index is 0.359. The number of benzene rings is 2. The molecule has 1 N–H and O–H groups in total. The van der Waals surface area contributed by atoms with Gasteiger partial charge in [-0.1, -0.05) is 24.3 Å². The number of carbonyl (C=O) groups excluding carboxylic acids is 1. The molecule has 0 saturated carbocycles. The van der Waals surface area contributed by atoms with Gasteiger partial charge in [-0.2, -0.15) is 5.10 Å². The molecule has 168 valence electrons. The highest BCUT2D eigenvalue weighted by Gasteiger charge is 2.21. The van der Waals surface area contributed by atoms with E-state index in [9.17, 15) is 13.2 Å². The van der Waals surface area contributed by atoms with Crippen molar-refractivity contribution in [2.45, 2.75) is 27.7 Å². The van der Waals surface area contributed by atoms with Gasteiger partial charge in [-0.25, -0.2) is 13.8 Å². The number of para-hydroxylation sites is 1. The second-order valence-corrected chi connectivity index (χ2v) is 9.81. The fourth-order valence-electron chi connectivity index (χ4n) is 3.73. The molecule has 8 heteroatoms. The SMILES string of the molecule is Cc1cc(C)cc(N(CC(=O)N/N=C\c2cc(C)n(-c3ccccc3)c2C)S(C)(=O)=O)c1. The highest BCUT2D eigenvalue weighted by molar-refractivity contribution is 7.92. The molecule has 0 aliphatic heterocycles. The van der Waals surface area contributed by atoms with Gasteiger partial charge in [-0.3, -0.25) is 9.10 Å². The van der Waals surface area contributed by atoms with Crippen LogP contribution in [-0.4, -0.2) is 37.9 Å². The molecule has 0 saturated heterocycles. The molecule has 0 atom stereocenters. The maximum Gasteiger partial charge on any atom is 0.260 e. The number of amides is 1. The summed E-state index contributed by atoms with van der Waals surface area (Å²) in [5.41, 5.74) is 8.67. The van der Waals surface area contributed by atoms with E-state index in [1.165, 1.54) is 0 Å². The van der Waals surface area contributed by atoms with Crippen LogP contribution in [0.15, 0.2) is 59.7 Å². The van der Waals surface area contributed by atoms with Gasteiger partial charge in [0.2, 0.25) is 10.0 Å². The number of carbonyl (C=O) groups is 1. The van der Waals surface area contributed by atoms with Crippen molar-refractivity contribution in [2.24, 2.45) is 5.10 Å². The zero-order chi connectivity index (χ0) is 23.5. The summed E-state index contributed by atoms with van der Waals surface area (Å²) in [4.78, 5) is 12.5. The van der Waals surface area contributed by atoms with E-state index in [1.807, 2.05) is 70.2 Å². The third-order valence-corrected chi connectivity index (χ3v) is 6.20. The van der Waals surface area contributed by atoms with Gasteiger partial charge in [-0.05, 0) is 69.2 Å². The van der Waals surface area contributed by atoms with E-state index in [-0.39, 0.29) is 6.54 Å². The number of hydrogen-bond acceptors (Lipinski definition) is 4. The first-order chi connectivity index (χ1) is 15.1. The molecule has 1 amide bonds. The van der Waals surface area contributed by atoms with Crippen molar-refractivity contribution in [3.63, 3.8) is 0 Å². The summed E-state index contributed by atoms with van der Waals surface area (Å²) in [5.74, 6) is -0.525. The molecule has 0 radical (unpaired) electrons. The van der Waals surface area contributed by atoms with E-state index in [4.69, 9.17) is 0 Å². The van der Waals surface area contributed by atoms with Gasteiger partial charge in [-0.15, -0.1) is 0 Å². The zero-order valence-electron chi connectivity index (χ0n) is 19.0. The van der Waals surface area contributed by atoms with Crippen molar-refractivity contribution < 1.29 is 13.2 Å². The quantitative estimate of drug-likeness (QED) is 0.439. The van der Waals surface area contributed by atoms with E-state index in [0.29, 0.717) is 5.69 Å². The summed E-state index contributed by atoms with van der Waals surface area (Å²) in [6, 6.07) is 17.4. The van der Waals surface area contributed by atoms with Gasteiger partial charge in [0, 0.05) is 22.6 Å². The minimum atomic E-state index is -3.65. The van der Waals surface area contributed by atoms with Crippen LogP contribution in [-0.2, 0) is 14.8 Å². The molecule has 0 aliphatic carbocycles. The van der Waals surface area contributed by atoms with Crippen LogP contribution in [0.1, 0.15) is 28.1 Å². The average Bonchev–Trinajstić information content (AvgIpc) is 2.98. The van der Waals surface area contributed by atoms with Crippen LogP contribution in [0.25, 0.3) is 5.69 Å². The van der Waals surface area contributed by atoms with Crippen LogP contribution in [0.4, 0.5) is 5.69 Å². The number of hydrogen-bond donors (Lipinski definition) is 1. The molecule has 3 aromatic rings. The van der Waals surface area contributed by atoms with Crippen LogP contribution >= 0.6 is 0 Å².